The Morgan fingerprint density at radius 2 is 1.81 bits per heavy atom. The summed E-state index contributed by atoms with van der Waals surface area (Å²) < 4.78 is 35.3. The standard InChI is InChI=1S/C23H31F2N3O3/c1-4-26-23(27-13-17-6-5-7-20(12-17)30-15-22(24)25)28-14-21(29)18-8-10-19(11-9-18)31-16(2)3/h5-12,16,21-22,29H,4,13-15H2,1-3H3,(H2,26,27,28). The van der Waals surface area contributed by atoms with Gasteiger partial charge in [-0.2, -0.15) is 0 Å². The number of alkyl halides is 2. The Morgan fingerprint density at radius 3 is 2.45 bits per heavy atom. The molecular weight excluding hydrogens is 404 g/mol. The van der Waals surface area contributed by atoms with Crippen LogP contribution in [-0.2, 0) is 6.54 Å². The van der Waals surface area contributed by atoms with E-state index >= 15 is 0 Å². The van der Waals surface area contributed by atoms with E-state index in [2.05, 4.69) is 15.6 Å². The van der Waals surface area contributed by atoms with Gasteiger partial charge in [-0.1, -0.05) is 24.3 Å². The van der Waals surface area contributed by atoms with Gasteiger partial charge in [0.1, 0.15) is 18.1 Å². The van der Waals surface area contributed by atoms with Gasteiger partial charge in [-0.3, -0.25) is 0 Å². The molecule has 8 heteroatoms. The average Bonchev–Trinajstić information content (AvgIpc) is 2.74. The van der Waals surface area contributed by atoms with Crippen molar-refractivity contribution in [3.63, 3.8) is 0 Å². The Hall–Kier alpha value is -2.87. The third-order valence-electron chi connectivity index (χ3n) is 4.14. The number of aliphatic imine (C=N–C) groups is 1. The van der Waals surface area contributed by atoms with Crippen LogP contribution in [0.15, 0.2) is 53.5 Å². The van der Waals surface area contributed by atoms with Gasteiger partial charge in [0.05, 0.1) is 18.8 Å². The van der Waals surface area contributed by atoms with Gasteiger partial charge in [-0.15, -0.1) is 0 Å². The summed E-state index contributed by atoms with van der Waals surface area (Å²) in [6.45, 7) is 6.48. The molecule has 2 rings (SSSR count). The van der Waals surface area contributed by atoms with E-state index in [0.717, 1.165) is 16.9 Å². The minimum Gasteiger partial charge on any atom is -0.491 e. The molecule has 0 heterocycles. The van der Waals surface area contributed by atoms with Crippen molar-refractivity contribution >= 4 is 5.96 Å². The second-order valence-electron chi connectivity index (χ2n) is 7.18. The number of nitrogens with zero attached hydrogens (tertiary/aromatic N) is 1. The molecule has 0 saturated carbocycles. The van der Waals surface area contributed by atoms with Crippen molar-refractivity contribution in [2.24, 2.45) is 4.99 Å². The maximum Gasteiger partial charge on any atom is 0.272 e. The second-order valence-corrected chi connectivity index (χ2v) is 7.18. The predicted octanol–water partition coefficient (Wildman–Crippen LogP) is 3.91. The second kappa shape index (κ2) is 12.7. The first kappa shape index (κ1) is 24.4. The lowest BCUT2D eigenvalue weighted by molar-refractivity contribution is 0.0818. The van der Waals surface area contributed by atoms with Crippen LogP contribution < -0.4 is 20.1 Å². The molecule has 0 fully saturated rings. The van der Waals surface area contributed by atoms with Crippen LogP contribution in [0, 0.1) is 0 Å². The summed E-state index contributed by atoms with van der Waals surface area (Å²) in [6.07, 6.45) is -3.15. The Labute approximate surface area is 182 Å². The van der Waals surface area contributed by atoms with Crippen molar-refractivity contribution < 1.29 is 23.4 Å². The minimum absolute atomic E-state index is 0.0906. The number of guanidine groups is 1. The third-order valence-corrected chi connectivity index (χ3v) is 4.14. The maximum absolute atomic E-state index is 12.3. The van der Waals surface area contributed by atoms with E-state index in [1.807, 2.05) is 51.1 Å². The molecule has 0 aliphatic heterocycles. The fourth-order valence-corrected chi connectivity index (χ4v) is 2.76. The molecule has 31 heavy (non-hydrogen) atoms. The zero-order valence-corrected chi connectivity index (χ0v) is 18.1. The molecule has 0 radical (unpaired) electrons. The molecule has 0 aromatic heterocycles. The molecular formula is C23H31F2N3O3. The molecule has 6 nitrogen and oxygen atoms in total. The van der Waals surface area contributed by atoms with E-state index in [9.17, 15) is 13.9 Å². The summed E-state index contributed by atoms with van der Waals surface area (Å²) in [6, 6.07) is 14.2. The summed E-state index contributed by atoms with van der Waals surface area (Å²) >= 11 is 0. The monoisotopic (exact) mass is 435 g/mol. The highest BCUT2D eigenvalue weighted by molar-refractivity contribution is 5.79. The highest BCUT2D eigenvalue weighted by Gasteiger charge is 2.10. The summed E-state index contributed by atoms with van der Waals surface area (Å²) in [5.41, 5.74) is 1.59. The van der Waals surface area contributed by atoms with Gasteiger partial charge in [-0.25, -0.2) is 13.8 Å². The normalized spacial score (nSPS) is 12.7. The quantitative estimate of drug-likeness (QED) is 0.369. The van der Waals surface area contributed by atoms with E-state index in [4.69, 9.17) is 9.47 Å². The molecule has 0 amide bonds. The number of nitrogens with one attached hydrogen (secondary N) is 2. The molecule has 170 valence electrons. The van der Waals surface area contributed by atoms with Crippen LogP contribution in [-0.4, -0.2) is 43.3 Å². The van der Waals surface area contributed by atoms with E-state index in [0.29, 0.717) is 24.8 Å². The lowest BCUT2D eigenvalue weighted by Crippen LogP contribution is -2.39. The van der Waals surface area contributed by atoms with Gasteiger partial charge in [-0.05, 0) is 56.2 Å². The van der Waals surface area contributed by atoms with Crippen molar-refractivity contribution in [3.05, 3.63) is 59.7 Å². The predicted molar refractivity (Wildman–Crippen MR) is 118 cm³/mol. The van der Waals surface area contributed by atoms with Gasteiger partial charge >= 0.3 is 0 Å². The SMILES string of the molecule is CCNC(=NCc1cccc(OCC(F)F)c1)NCC(O)c1ccc(OC(C)C)cc1. The van der Waals surface area contributed by atoms with Crippen molar-refractivity contribution in [1.82, 2.24) is 10.6 Å². The third kappa shape index (κ3) is 9.21. The molecule has 0 aliphatic rings. The van der Waals surface area contributed by atoms with Gasteiger partial charge < -0.3 is 25.2 Å². The lowest BCUT2D eigenvalue weighted by atomic mass is 10.1. The number of rotatable bonds is 11. The van der Waals surface area contributed by atoms with Crippen LogP contribution in [0.1, 0.15) is 38.0 Å². The fraction of sp³-hybridized carbons (Fsp3) is 0.435. The largest absolute Gasteiger partial charge is 0.491 e. The van der Waals surface area contributed by atoms with Crippen molar-refractivity contribution in [2.45, 2.75) is 45.9 Å². The Bertz CT molecular complexity index is 814. The first-order valence-electron chi connectivity index (χ1n) is 10.3. The Morgan fingerprint density at radius 1 is 1.06 bits per heavy atom. The van der Waals surface area contributed by atoms with Crippen molar-refractivity contribution in [2.75, 3.05) is 19.7 Å². The zero-order valence-electron chi connectivity index (χ0n) is 18.1. The average molecular weight is 436 g/mol. The van der Waals surface area contributed by atoms with Crippen LogP contribution in [0.25, 0.3) is 0 Å². The van der Waals surface area contributed by atoms with Gasteiger partial charge in [0, 0.05) is 13.1 Å². The number of halogens is 2. The summed E-state index contributed by atoms with van der Waals surface area (Å²) in [5.74, 6) is 1.68. The number of aliphatic hydroxyl groups excluding tert-OH is 1. The fourth-order valence-electron chi connectivity index (χ4n) is 2.76. The number of aliphatic hydroxyl groups is 1. The molecule has 0 spiro atoms. The number of ether oxygens (including phenoxy) is 2. The molecule has 1 unspecified atom stereocenters. The van der Waals surface area contributed by atoms with Crippen LogP contribution in [0.5, 0.6) is 11.5 Å². The Balaban J connectivity index is 1.93. The first-order valence-corrected chi connectivity index (χ1v) is 10.3. The zero-order chi connectivity index (χ0) is 22.6. The Kier molecular flexibility index (Phi) is 10.0. The highest BCUT2D eigenvalue weighted by atomic mass is 19.3. The summed E-state index contributed by atoms with van der Waals surface area (Å²) in [7, 11) is 0. The molecule has 0 bridgehead atoms. The maximum atomic E-state index is 12.3. The molecule has 1 atom stereocenters. The van der Waals surface area contributed by atoms with Crippen molar-refractivity contribution in [1.29, 1.82) is 0 Å². The molecule has 3 N–H and O–H groups in total. The highest BCUT2D eigenvalue weighted by Crippen LogP contribution is 2.18. The van der Waals surface area contributed by atoms with Crippen molar-refractivity contribution in [3.8, 4) is 11.5 Å². The number of benzene rings is 2. The minimum atomic E-state index is -2.52. The molecule has 2 aromatic carbocycles. The van der Waals surface area contributed by atoms with Crippen LogP contribution in [0.3, 0.4) is 0 Å². The summed E-state index contributed by atoms with van der Waals surface area (Å²) in [5, 5.41) is 16.7. The van der Waals surface area contributed by atoms with E-state index in [1.165, 1.54) is 0 Å². The number of hydrogen-bond donors (Lipinski definition) is 3. The van der Waals surface area contributed by atoms with Crippen LogP contribution >= 0.6 is 0 Å². The molecule has 2 aromatic rings. The van der Waals surface area contributed by atoms with Crippen LogP contribution in [0.4, 0.5) is 8.78 Å². The van der Waals surface area contributed by atoms with E-state index in [1.54, 1.807) is 18.2 Å². The van der Waals surface area contributed by atoms with Gasteiger partial charge in [0.2, 0.25) is 0 Å². The van der Waals surface area contributed by atoms with E-state index in [-0.39, 0.29) is 12.6 Å². The van der Waals surface area contributed by atoms with E-state index < -0.39 is 19.1 Å². The van der Waals surface area contributed by atoms with Gasteiger partial charge in [0.25, 0.3) is 6.43 Å². The first-order chi connectivity index (χ1) is 14.9. The van der Waals surface area contributed by atoms with Crippen LogP contribution in [0.2, 0.25) is 0 Å². The molecule has 0 saturated heterocycles. The lowest BCUT2D eigenvalue weighted by Gasteiger charge is -2.16. The smallest absolute Gasteiger partial charge is 0.272 e. The topological polar surface area (TPSA) is 75.1 Å². The van der Waals surface area contributed by atoms with Gasteiger partial charge in [0.15, 0.2) is 5.96 Å². The summed E-state index contributed by atoms with van der Waals surface area (Å²) in [4.78, 5) is 4.49. The molecule has 0 aliphatic carbocycles. The number of hydrogen-bond acceptors (Lipinski definition) is 4.